The fraction of sp³-hybridized carbons (Fsp3) is 0.571. The summed E-state index contributed by atoms with van der Waals surface area (Å²) in [6.45, 7) is 2.06. The van der Waals surface area contributed by atoms with E-state index < -0.39 is 10.0 Å². The van der Waals surface area contributed by atoms with Crippen LogP contribution in [0.3, 0.4) is 0 Å². The first kappa shape index (κ1) is 15.8. The molecular formula is C14H22N2O2S2. The molecule has 20 heavy (non-hydrogen) atoms. The van der Waals surface area contributed by atoms with Gasteiger partial charge in [-0.25, -0.2) is 13.6 Å². The van der Waals surface area contributed by atoms with Gasteiger partial charge in [-0.2, -0.15) is 11.8 Å². The number of sulfonamides is 1. The minimum Gasteiger partial charge on any atom is -0.307 e. The molecule has 4 nitrogen and oxygen atoms in total. The Labute approximate surface area is 125 Å². The van der Waals surface area contributed by atoms with Crippen LogP contribution in [0.15, 0.2) is 29.2 Å². The number of hydrogen-bond donors (Lipinski definition) is 2. The van der Waals surface area contributed by atoms with Crippen molar-refractivity contribution < 1.29 is 8.42 Å². The molecule has 1 aliphatic carbocycles. The average molecular weight is 314 g/mol. The van der Waals surface area contributed by atoms with Crippen molar-refractivity contribution in [2.75, 3.05) is 6.26 Å². The third kappa shape index (κ3) is 3.97. The van der Waals surface area contributed by atoms with Gasteiger partial charge in [0.05, 0.1) is 4.90 Å². The van der Waals surface area contributed by atoms with Crippen LogP contribution in [0.25, 0.3) is 0 Å². The van der Waals surface area contributed by atoms with Gasteiger partial charge in [0, 0.05) is 17.3 Å². The van der Waals surface area contributed by atoms with Crippen molar-refractivity contribution in [3.8, 4) is 0 Å². The zero-order valence-electron chi connectivity index (χ0n) is 11.9. The molecule has 1 aromatic rings. The molecule has 0 bridgehead atoms. The van der Waals surface area contributed by atoms with E-state index in [0.29, 0.717) is 6.04 Å². The van der Waals surface area contributed by atoms with Gasteiger partial charge < -0.3 is 5.32 Å². The summed E-state index contributed by atoms with van der Waals surface area (Å²) in [5, 5.41) is 9.51. The van der Waals surface area contributed by atoms with Gasteiger partial charge in [-0.1, -0.05) is 12.1 Å². The molecule has 112 valence electrons. The van der Waals surface area contributed by atoms with Crippen molar-refractivity contribution >= 4 is 21.8 Å². The predicted octanol–water partition coefficient (Wildman–Crippen LogP) is 2.27. The monoisotopic (exact) mass is 314 g/mol. The Balaban J connectivity index is 2.04. The van der Waals surface area contributed by atoms with E-state index in [1.54, 1.807) is 12.1 Å². The number of nitrogens with two attached hydrogens (primary N) is 1. The van der Waals surface area contributed by atoms with Gasteiger partial charge in [0.15, 0.2) is 0 Å². The first-order valence-electron chi connectivity index (χ1n) is 6.81. The fourth-order valence-corrected chi connectivity index (χ4v) is 4.08. The molecule has 1 fully saturated rings. The fourth-order valence-electron chi connectivity index (χ4n) is 2.72. The SMILES string of the molecule is CSC1CCC(NC(C)c2cccc(S(N)(=O)=O)c2)C1. The van der Waals surface area contributed by atoms with Crippen molar-refractivity contribution in [2.24, 2.45) is 5.14 Å². The maximum atomic E-state index is 11.4. The minimum absolute atomic E-state index is 0.127. The van der Waals surface area contributed by atoms with Gasteiger partial charge in [-0.3, -0.25) is 0 Å². The maximum Gasteiger partial charge on any atom is 0.238 e. The van der Waals surface area contributed by atoms with Crippen LogP contribution in [-0.4, -0.2) is 26.0 Å². The van der Waals surface area contributed by atoms with Gasteiger partial charge in [0.2, 0.25) is 10.0 Å². The van der Waals surface area contributed by atoms with Crippen molar-refractivity contribution in [1.29, 1.82) is 0 Å². The summed E-state index contributed by atoms with van der Waals surface area (Å²) < 4.78 is 22.8. The van der Waals surface area contributed by atoms with Crippen molar-refractivity contribution in [3.05, 3.63) is 29.8 Å². The largest absolute Gasteiger partial charge is 0.307 e. The van der Waals surface area contributed by atoms with E-state index in [1.807, 2.05) is 17.8 Å². The van der Waals surface area contributed by atoms with Gasteiger partial charge in [-0.05, 0) is 50.1 Å². The molecule has 0 amide bonds. The second-order valence-corrected chi connectivity index (χ2v) is 8.07. The van der Waals surface area contributed by atoms with E-state index in [-0.39, 0.29) is 10.9 Å². The Bertz CT molecular complexity index is 560. The number of thioether (sulfide) groups is 1. The van der Waals surface area contributed by atoms with Crippen LogP contribution in [0.1, 0.15) is 37.8 Å². The van der Waals surface area contributed by atoms with Crippen molar-refractivity contribution in [1.82, 2.24) is 5.32 Å². The lowest BCUT2D eigenvalue weighted by Gasteiger charge is -2.20. The molecule has 0 aliphatic heterocycles. The average Bonchev–Trinajstić information content (AvgIpc) is 2.85. The van der Waals surface area contributed by atoms with Crippen molar-refractivity contribution in [3.63, 3.8) is 0 Å². The summed E-state index contributed by atoms with van der Waals surface area (Å²) in [5.74, 6) is 0. The number of benzene rings is 1. The van der Waals surface area contributed by atoms with Crippen LogP contribution in [0, 0.1) is 0 Å². The van der Waals surface area contributed by atoms with E-state index in [4.69, 9.17) is 5.14 Å². The highest BCUT2D eigenvalue weighted by atomic mass is 32.2. The first-order chi connectivity index (χ1) is 9.40. The third-order valence-corrected chi connectivity index (χ3v) is 5.90. The number of nitrogens with one attached hydrogen (secondary N) is 1. The number of hydrogen-bond acceptors (Lipinski definition) is 4. The lowest BCUT2D eigenvalue weighted by Crippen LogP contribution is -2.29. The summed E-state index contributed by atoms with van der Waals surface area (Å²) in [6.07, 6.45) is 5.78. The van der Waals surface area contributed by atoms with Crippen LogP contribution in [-0.2, 0) is 10.0 Å². The Morgan fingerprint density at radius 2 is 2.15 bits per heavy atom. The molecule has 1 aliphatic rings. The van der Waals surface area contributed by atoms with Gasteiger partial charge in [0.1, 0.15) is 0 Å². The molecular weight excluding hydrogens is 292 g/mol. The van der Waals surface area contributed by atoms with E-state index >= 15 is 0 Å². The minimum atomic E-state index is -3.63. The zero-order valence-corrected chi connectivity index (χ0v) is 13.5. The van der Waals surface area contributed by atoms with Crippen LogP contribution in [0.2, 0.25) is 0 Å². The smallest absolute Gasteiger partial charge is 0.238 e. The Morgan fingerprint density at radius 3 is 2.75 bits per heavy atom. The van der Waals surface area contributed by atoms with Crippen LogP contribution < -0.4 is 10.5 Å². The van der Waals surface area contributed by atoms with Gasteiger partial charge in [-0.15, -0.1) is 0 Å². The molecule has 0 saturated heterocycles. The van der Waals surface area contributed by atoms with E-state index in [0.717, 1.165) is 10.8 Å². The van der Waals surface area contributed by atoms with Crippen molar-refractivity contribution in [2.45, 2.75) is 48.4 Å². The highest BCUT2D eigenvalue weighted by Gasteiger charge is 2.25. The Kier molecular flexibility index (Phi) is 5.12. The third-order valence-electron chi connectivity index (χ3n) is 3.89. The molecule has 1 saturated carbocycles. The molecule has 0 aromatic heterocycles. The molecule has 3 unspecified atom stereocenters. The lowest BCUT2D eigenvalue weighted by atomic mass is 10.1. The van der Waals surface area contributed by atoms with Gasteiger partial charge >= 0.3 is 0 Å². The lowest BCUT2D eigenvalue weighted by molar-refractivity contribution is 0.461. The summed E-state index contributed by atoms with van der Waals surface area (Å²) >= 11 is 1.93. The predicted molar refractivity (Wildman–Crippen MR) is 84.3 cm³/mol. The summed E-state index contributed by atoms with van der Waals surface area (Å²) in [6, 6.07) is 7.52. The summed E-state index contributed by atoms with van der Waals surface area (Å²) in [4.78, 5) is 0.178. The highest BCUT2D eigenvalue weighted by Crippen LogP contribution is 2.29. The van der Waals surface area contributed by atoms with E-state index in [2.05, 4.69) is 18.5 Å². The topological polar surface area (TPSA) is 72.2 Å². The number of rotatable bonds is 5. The maximum absolute atomic E-state index is 11.4. The number of primary sulfonamides is 1. The standard InChI is InChI=1S/C14H22N2O2S2/c1-10(16-12-6-7-13(9-12)19-2)11-4-3-5-14(8-11)20(15,17)18/h3-5,8,10,12-13,16H,6-7,9H2,1-2H3,(H2,15,17,18). The molecule has 3 N–H and O–H groups in total. The molecule has 6 heteroatoms. The van der Waals surface area contributed by atoms with Crippen LogP contribution >= 0.6 is 11.8 Å². The second kappa shape index (κ2) is 6.47. The highest BCUT2D eigenvalue weighted by molar-refractivity contribution is 7.99. The Hall–Kier alpha value is -0.560. The molecule has 0 heterocycles. The molecule has 2 rings (SSSR count). The quantitative estimate of drug-likeness (QED) is 0.874. The second-order valence-electron chi connectivity index (χ2n) is 5.37. The first-order valence-corrected chi connectivity index (χ1v) is 9.65. The van der Waals surface area contributed by atoms with E-state index in [9.17, 15) is 8.42 Å². The molecule has 0 radical (unpaired) electrons. The molecule has 1 aromatic carbocycles. The zero-order chi connectivity index (χ0) is 14.8. The molecule has 0 spiro atoms. The van der Waals surface area contributed by atoms with Crippen LogP contribution in [0.4, 0.5) is 0 Å². The summed E-state index contributed by atoms with van der Waals surface area (Å²) in [5.41, 5.74) is 0.962. The molecule has 3 atom stereocenters. The van der Waals surface area contributed by atoms with E-state index in [1.165, 1.54) is 25.3 Å². The normalized spacial score (nSPS) is 24.8. The van der Waals surface area contributed by atoms with Crippen LogP contribution in [0.5, 0.6) is 0 Å². The van der Waals surface area contributed by atoms with Gasteiger partial charge in [0.25, 0.3) is 0 Å². The summed E-state index contributed by atoms with van der Waals surface area (Å²) in [7, 11) is -3.63. The Morgan fingerprint density at radius 1 is 1.40 bits per heavy atom.